The van der Waals surface area contributed by atoms with Crippen molar-refractivity contribution in [3.05, 3.63) is 54.2 Å². The van der Waals surface area contributed by atoms with Gasteiger partial charge in [0.15, 0.2) is 0 Å². The van der Waals surface area contributed by atoms with Gasteiger partial charge >= 0.3 is 0 Å². The second-order valence-electron chi connectivity index (χ2n) is 6.56. The Hall–Kier alpha value is -2.54. The van der Waals surface area contributed by atoms with Crippen molar-refractivity contribution in [2.45, 2.75) is 37.5 Å². The maximum Gasteiger partial charge on any atom is 0.229 e. The summed E-state index contributed by atoms with van der Waals surface area (Å²) < 4.78 is 24.9. The molecule has 2 fully saturated rings. The molecular weight excluding hydrogens is 337 g/mol. The normalized spacial score (nSPS) is 25.0. The van der Waals surface area contributed by atoms with Gasteiger partial charge in [-0.2, -0.15) is 0 Å². The Morgan fingerprint density at radius 1 is 1.31 bits per heavy atom. The van der Waals surface area contributed by atoms with Crippen molar-refractivity contribution in [1.82, 2.24) is 14.9 Å². The molecule has 0 spiro atoms. The highest BCUT2D eigenvalue weighted by atomic mass is 19.1. The van der Waals surface area contributed by atoms with E-state index in [2.05, 4.69) is 9.97 Å². The van der Waals surface area contributed by atoms with Crippen LogP contribution in [0.2, 0.25) is 0 Å². The van der Waals surface area contributed by atoms with Crippen LogP contribution in [0.4, 0.5) is 4.39 Å². The minimum absolute atomic E-state index is 0.00888. The zero-order valence-corrected chi connectivity index (χ0v) is 14.3. The van der Waals surface area contributed by atoms with Gasteiger partial charge in [0.25, 0.3) is 0 Å². The predicted molar refractivity (Wildman–Crippen MR) is 91.0 cm³/mol. The number of ether oxygens (including phenoxy) is 2. The summed E-state index contributed by atoms with van der Waals surface area (Å²) >= 11 is 0. The van der Waals surface area contributed by atoms with Crippen LogP contribution < -0.4 is 4.74 Å². The van der Waals surface area contributed by atoms with Gasteiger partial charge in [-0.1, -0.05) is 6.07 Å². The summed E-state index contributed by atoms with van der Waals surface area (Å²) in [4.78, 5) is 22.8. The topological polar surface area (TPSA) is 64.6 Å². The van der Waals surface area contributed by atoms with Crippen molar-refractivity contribution in [2.24, 2.45) is 0 Å². The zero-order chi connectivity index (χ0) is 17.9. The van der Waals surface area contributed by atoms with Gasteiger partial charge in [0.2, 0.25) is 11.8 Å². The molecule has 0 bridgehead atoms. The number of hydrogen-bond acceptors (Lipinski definition) is 5. The molecule has 4 heterocycles. The monoisotopic (exact) mass is 357 g/mol. The van der Waals surface area contributed by atoms with E-state index >= 15 is 0 Å². The van der Waals surface area contributed by atoms with Crippen LogP contribution in [0.1, 0.15) is 18.5 Å². The van der Waals surface area contributed by atoms with Crippen LogP contribution in [0.5, 0.6) is 5.88 Å². The van der Waals surface area contributed by atoms with Gasteiger partial charge in [0.05, 0.1) is 25.2 Å². The number of amides is 1. The molecule has 0 radical (unpaired) electrons. The Morgan fingerprint density at radius 2 is 2.23 bits per heavy atom. The highest BCUT2D eigenvalue weighted by molar-refractivity contribution is 5.79. The van der Waals surface area contributed by atoms with Gasteiger partial charge in [0.1, 0.15) is 18.0 Å². The van der Waals surface area contributed by atoms with Gasteiger partial charge in [-0.3, -0.25) is 9.78 Å². The fraction of sp³-hybridized carbons (Fsp3) is 0.421. The minimum atomic E-state index is -0.410. The lowest BCUT2D eigenvalue weighted by atomic mass is 10.0. The van der Waals surface area contributed by atoms with E-state index in [4.69, 9.17) is 9.47 Å². The summed E-state index contributed by atoms with van der Waals surface area (Å²) in [5.74, 6) is 0.0728. The van der Waals surface area contributed by atoms with E-state index in [1.54, 1.807) is 18.3 Å². The minimum Gasteiger partial charge on any atom is -0.470 e. The molecule has 2 aliphatic rings. The summed E-state index contributed by atoms with van der Waals surface area (Å²) in [6.45, 7) is 1.12. The van der Waals surface area contributed by atoms with E-state index in [0.717, 1.165) is 19.0 Å². The Balaban J connectivity index is 1.48. The first kappa shape index (κ1) is 16.9. The van der Waals surface area contributed by atoms with Crippen LogP contribution in [0.15, 0.2) is 42.7 Å². The molecule has 2 saturated heterocycles. The van der Waals surface area contributed by atoms with Gasteiger partial charge < -0.3 is 14.4 Å². The fourth-order valence-corrected chi connectivity index (χ4v) is 3.64. The van der Waals surface area contributed by atoms with Crippen molar-refractivity contribution < 1.29 is 18.7 Å². The van der Waals surface area contributed by atoms with Crippen molar-refractivity contribution in [3.63, 3.8) is 0 Å². The van der Waals surface area contributed by atoms with Crippen molar-refractivity contribution in [1.29, 1.82) is 0 Å². The molecule has 136 valence electrons. The number of rotatable bonds is 4. The molecule has 0 aromatic carbocycles. The number of pyridine rings is 2. The van der Waals surface area contributed by atoms with Crippen molar-refractivity contribution in [3.8, 4) is 5.88 Å². The fourth-order valence-electron chi connectivity index (χ4n) is 3.64. The molecular formula is C19H20FN3O3. The maximum atomic E-state index is 13.0. The number of likely N-dealkylation sites (tertiary alicyclic amines) is 1. The van der Waals surface area contributed by atoms with E-state index in [1.807, 2.05) is 17.0 Å². The third-order valence-corrected chi connectivity index (χ3v) is 4.83. The van der Waals surface area contributed by atoms with Gasteiger partial charge in [-0.05, 0) is 31.0 Å². The number of nitrogens with zero attached hydrogens (tertiary/aromatic N) is 3. The van der Waals surface area contributed by atoms with Crippen LogP contribution in [0, 0.1) is 5.82 Å². The summed E-state index contributed by atoms with van der Waals surface area (Å²) in [7, 11) is 0. The molecule has 1 amide bonds. The molecule has 6 nitrogen and oxygen atoms in total. The summed E-state index contributed by atoms with van der Waals surface area (Å²) in [5.41, 5.74) is 0.554. The highest BCUT2D eigenvalue weighted by Gasteiger charge is 2.47. The standard InChI is InChI=1S/C19H20FN3O3/c20-13-6-7-14(22-11-13)10-18(24)23-12-16(19-15(23)4-3-9-25-19)26-17-5-1-2-8-21-17/h1-2,5-8,11,15-16,19H,3-4,9-10,12H2/t15-,16+,19+/m1/s1. The molecule has 3 atom stereocenters. The Kier molecular flexibility index (Phi) is 4.79. The molecule has 0 N–H and O–H groups in total. The number of carbonyl (C=O) groups is 1. The largest absolute Gasteiger partial charge is 0.470 e. The summed E-state index contributed by atoms with van der Waals surface area (Å²) in [6, 6.07) is 8.33. The summed E-state index contributed by atoms with van der Waals surface area (Å²) in [6.07, 6.45) is 4.33. The van der Waals surface area contributed by atoms with E-state index in [-0.39, 0.29) is 30.6 Å². The second-order valence-corrected chi connectivity index (χ2v) is 6.56. The number of hydrogen-bond donors (Lipinski definition) is 0. The maximum absolute atomic E-state index is 13.0. The van der Waals surface area contributed by atoms with E-state index in [1.165, 1.54) is 6.07 Å². The van der Waals surface area contributed by atoms with Gasteiger partial charge in [-0.15, -0.1) is 0 Å². The first-order valence-electron chi connectivity index (χ1n) is 8.80. The number of fused-ring (bicyclic) bond motifs is 1. The second kappa shape index (κ2) is 7.37. The molecule has 26 heavy (non-hydrogen) atoms. The molecule has 2 aromatic rings. The third-order valence-electron chi connectivity index (χ3n) is 4.83. The van der Waals surface area contributed by atoms with Crippen molar-refractivity contribution >= 4 is 5.91 Å². The quantitative estimate of drug-likeness (QED) is 0.837. The SMILES string of the molecule is O=C(Cc1ccc(F)cn1)N1C[C@H](Oc2ccccn2)[C@H]2OCCC[C@H]21. The Labute approximate surface area is 151 Å². The molecule has 7 heteroatoms. The predicted octanol–water partition coefficient (Wildman–Crippen LogP) is 2.00. The molecule has 4 rings (SSSR count). The molecule has 2 aliphatic heterocycles. The summed E-state index contributed by atoms with van der Waals surface area (Å²) in [5, 5.41) is 0. The number of carbonyl (C=O) groups excluding carboxylic acids is 1. The molecule has 2 aromatic heterocycles. The lowest BCUT2D eigenvalue weighted by molar-refractivity contribution is -0.134. The van der Waals surface area contributed by atoms with Gasteiger partial charge in [0, 0.05) is 24.6 Å². The lowest BCUT2D eigenvalue weighted by Crippen LogP contribution is -2.44. The molecule has 0 aliphatic carbocycles. The van der Waals surface area contributed by atoms with Crippen LogP contribution in [0.25, 0.3) is 0 Å². The van der Waals surface area contributed by atoms with Crippen molar-refractivity contribution in [2.75, 3.05) is 13.2 Å². The van der Waals surface area contributed by atoms with E-state index < -0.39 is 5.82 Å². The van der Waals surface area contributed by atoms with Crippen LogP contribution in [0.3, 0.4) is 0 Å². The Bertz CT molecular complexity index is 756. The average molecular weight is 357 g/mol. The first-order valence-corrected chi connectivity index (χ1v) is 8.80. The molecule has 0 saturated carbocycles. The number of aromatic nitrogens is 2. The highest BCUT2D eigenvalue weighted by Crippen LogP contribution is 2.31. The van der Waals surface area contributed by atoms with E-state index in [0.29, 0.717) is 24.7 Å². The first-order chi connectivity index (χ1) is 12.7. The lowest BCUT2D eigenvalue weighted by Gasteiger charge is -2.32. The third kappa shape index (κ3) is 3.53. The zero-order valence-electron chi connectivity index (χ0n) is 14.3. The van der Waals surface area contributed by atoms with Gasteiger partial charge in [-0.25, -0.2) is 9.37 Å². The smallest absolute Gasteiger partial charge is 0.229 e. The van der Waals surface area contributed by atoms with Crippen LogP contribution >= 0.6 is 0 Å². The number of halogens is 1. The van der Waals surface area contributed by atoms with Crippen LogP contribution in [-0.2, 0) is 16.0 Å². The average Bonchev–Trinajstić information content (AvgIpc) is 3.03. The van der Waals surface area contributed by atoms with Crippen LogP contribution in [-0.4, -0.2) is 52.2 Å². The molecule has 0 unspecified atom stereocenters. The Morgan fingerprint density at radius 3 is 3.00 bits per heavy atom. The van der Waals surface area contributed by atoms with E-state index in [9.17, 15) is 9.18 Å².